The first-order chi connectivity index (χ1) is 10.9. The smallest absolute Gasteiger partial charge is 0.103 e. The molecule has 3 rings (SSSR count). The van der Waals surface area contributed by atoms with Gasteiger partial charge in [0, 0.05) is 5.41 Å². The average molecular weight is 306 g/mol. The summed E-state index contributed by atoms with van der Waals surface area (Å²) in [5.41, 5.74) is 4.83. The molecule has 1 aliphatic carbocycles. The molecule has 2 atom stereocenters. The number of fused-ring (bicyclic) bond motifs is 1. The van der Waals surface area contributed by atoms with E-state index in [0.29, 0.717) is 6.42 Å². The van der Waals surface area contributed by atoms with Crippen LogP contribution in [0.1, 0.15) is 47.6 Å². The Bertz CT molecular complexity index is 728. The lowest BCUT2D eigenvalue weighted by atomic mass is 9.57. The highest BCUT2D eigenvalue weighted by Gasteiger charge is 2.51. The van der Waals surface area contributed by atoms with E-state index >= 15 is 0 Å². The second-order valence-electron chi connectivity index (χ2n) is 7.21. The van der Waals surface area contributed by atoms with Crippen LogP contribution in [0.3, 0.4) is 0 Å². The molecule has 120 valence electrons. The van der Waals surface area contributed by atoms with Gasteiger partial charge in [0.1, 0.15) is 5.60 Å². The molecule has 1 N–H and O–H groups in total. The minimum absolute atomic E-state index is 0.308. The van der Waals surface area contributed by atoms with Gasteiger partial charge < -0.3 is 5.11 Å². The predicted octanol–water partition coefficient (Wildman–Crippen LogP) is 4.97. The lowest BCUT2D eigenvalue weighted by Crippen LogP contribution is -2.50. The van der Waals surface area contributed by atoms with Crippen LogP contribution in [-0.2, 0) is 17.4 Å². The lowest BCUT2D eigenvalue weighted by molar-refractivity contribution is -0.0486. The highest BCUT2D eigenvalue weighted by Crippen LogP contribution is 2.52. The van der Waals surface area contributed by atoms with Crippen LogP contribution >= 0.6 is 0 Å². The fourth-order valence-corrected chi connectivity index (χ4v) is 4.07. The van der Waals surface area contributed by atoms with E-state index in [4.69, 9.17) is 0 Å². The first-order valence-electron chi connectivity index (χ1n) is 8.41. The molecule has 1 nitrogen and oxygen atoms in total. The third kappa shape index (κ3) is 2.44. The van der Waals surface area contributed by atoms with Crippen molar-refractivity contribution in [1.29, 1.82) is 0 Å². The third-order valence-electron chi connectivity index (χ3n) is 5.64. The van der Waals surface area contributed by atoms with Crippen LogP contribution in [0.25, 0.3) is 0 Å². The first kappa shape index (κ1) is 16.0. The van der Waals surface area contributed by atoms with Gasteiger partial charge in [-0.25, -0.2) is 0 Å². The Hall–Kier alpha value is -1.86. The van der Waals surface area contributed by atoms with E-state index in [2.05, 4.69) is 69.8 Å². The molecule has 2 aromatic carbocycles. The summed E-state index contributed by atoms with van der Waals surface area (Å²) in [6.07, 6.45) is 4.35. The molecule has 23 heavy (non-hydrogen) atoms. The Morgan fingerprint density at radius 2 is 1.74 bits per heavy atom. The van der Waals surface area contributed by atoms with Crippen molar-refractivity contribution >= 4 is 0 Å². The summed E-state index contributed by atoms with van der Waals surface area (Å²) in [6, 6.07) is 15.1. The van der Waals surface area contributed by atoms with Crippen molar-refractivity contribution in [3.8, 4) is 0 Å². The molecule has 0 amide bonds. The first-order valence-corrected chi connectivity index (χ1v) is 8.41. The van der Waals surface area contributed by atoms with Crippen molar-refractivity contribution in [2.45, 2.75) is 51.0 Å². The number of hydrogen-bond acceptors (Lipinski definition) is 1. The van der Waals surface area contributed by atoms with E-state index in [1.54, 1.807) is 0 Å². The molecular weight excluding hydrogens is 280 g/mol. The fourth-order valence-electron chi connectivity index (χ4n) is 4.07. The summed E-state index contributed by atoms with van der Waals surface area (Å²) in [4.78, 5) is 0. The molecule has 0 radical (unpaired) electrons. The normalized spacial score (nSPS) is 26.6. The number of aryl methyl sites for hydroxylation is 3. The largest absolute Gasteiger partial charge is 0.384 e. The molecule has 1 heteroatoms. The van der Waals surface area contributed by atoms with Crippen LogP contribution in [0.4, 0.5) is 0 Å². The lowest BCUT2D eigenvalue weighted by Gasteiger charge is -2.50. The molecule has 2 aromatic rings. The second-order valence-corrected chi connectivity index (χ2v) is 7.21. The summed E-state index contributed by atoms with van der Waals surface area (Å²) < 4.78 is 0. The fraction of sp³-hybridized carbons (Fsp3) is 0.364. The summed E-state index contributed by atoms with van der Waals surface area (Å²) >= 11 is 0. The zero-order valence-corrected chi connectivity index (χ0v) is 14.4. The number of aliphatic hydroxyl groups is 1. The van der Waals surface area contributed by atoms with Gasteiger partial charge in [0.05, 0.1) is 0 Å². The molecule has 0 heterocycles. The summed E-state index contributed by atoms with van der Waals surface area (Å²) in [5.74, 6) is 0. The highest BCUT2D eigenvalue weighted by atomic mass is 16.3. The number of benzene rings is 2. The van der Waals surface area contributed by atoms with E-state index in [-0.39, 0.29) is 5.41 Å². The Labute approximate surface area is 139 Å². The SMILES string of the molecule is C=CCC1(O)c2ccc(C)cc2CCC1(C)c1ccc(C)cc1. The Kier molecular flexibility index (Phi) is 3.93. The van der Waals surface area contributed by atoms with Crippen molar-refractivity contribution in [2.24, 2.45) is 0 Å². The highest BCUT2D eigenvalue weighted by molar-refractivity contribution is 5.45. The van der Waals surface area contributed by atoms with Crippen molar-refractivity contribution < 1.29 is 5.11 Å². The zero-order valence-electron chi connectivity index (χ0n) is 14.4. The van der Waals surface area contributed by atoms with E-state index < -0.39 is 5.60 Å². The minimum Gasteiger partial charge on any atom is -0.384 e. The summed E-state index contributed by atoms with van der Waals surface area (Å²) in [6.45, 7) is 10.3. The minimum atomic E-state index is -0.911. The standard InChI is InChI=1S/C22H26O/c1-5-13-22(23)20-11-8-17(3)15-18(20)12-14-21(22,4)19-9-6-16(2)7-10-19/h5-11,15,23H,1,12-14H2,2-4H3. The molecule has 0 fully saturated rings. The summed E-state index contributed by atoms with van der Waals surface area (Å²) in [7, 11) is 0. The molecule has 0 aliphatic heterocycles. The van der Waals surface area contributed by atoms with Gasteiger partial charge in [0.15, 0.2) is 0 Å². The van der Waals surface area contributed by atoms with Crippen molar-refractivity contribution in [1.82, 2.24) is 0 Å². The van der Waals surface area contributed by atoms with Crippen molar-refractivity contribution in [3.05, 3.63) is 82.9 Å². The van der Waals surface area contributed by atoms with Crippen molar-refractivity contribution in [3.63, 3.8) is 0 Å². The topological polar surface area (TPSA) is 20.2 Å². The van der Waals surface area contributed by atoms with Gasteiger partial charge in [-0.3, -0.25) is 0 Å². The quantitative estimate of drug-likeness (QED) is 0.794. The van der Waals surface area contributed by atoms with E-state index in [1.807, 2.05) is 6.08 Å². The van der Waals surface area contributed by atoms with Crippen LogP contribution in [0.15, 0.2) is 55.1 Å². The van der Waals surface area contributed by atoms with Gasteiger partial charge in [-0.15, -0.1) is 6.58 Å². The Morgan fingerprint density at radius 3 is 2.39 bits per heavy atom. The maximum absolute atomic E-state index is 11.8. The van der Waals surface area contributed by atoms with Gasteiger partial charge in [-0.1, -0.05) is 66.6 Å². The van der Waals surface area contributed by atoms with Crippen LogP contribution in [-0.4, -0.2) is 5.11 Å². The number of rotatable bonds is 3. The zero-order chi connectivity index (χ0) is 16.7. The predicted molar refractivity (Wildman–Crippen MR) is 96.7 cm³/mol. The summed E-state index contributed by atoms with van der Waals surface area (Å²) in [5, 5.41) is 11.8. The maximum Gasteiger partial charge on any atom is 0.103 e. The Balaban J connectivity index is 2.19. The molecule has 1 aliphatic rings. The molecule has 0 spiro atoms. The van der Waals surface area contributed by atoms with Crippen LogP contribution < -0.4 is 0 Å². The second kappa shape index (κ2) is 5.65. The van der Waals surface area contributed by atoms with Gasteiger partial charge in [-0.2, -0.15) is 0 Å². The molecule has 2 unspecified atom stereocenters. The number of hydrogen-bond donors (Lipinski definition) is 1. The van der Waals surface area contributed by atoms with Crippen LogP contribution in [0.2, 0.25) is 0 Å². The van der Waals surface area contributed by atoms with E-state index in [9.17, 15) is 5.11 Å². The van der Waals surface area contributed by atoms with Gasteiger partial charge >= 0.3 is 0 Å². The van der Waals surface area contributed by atoms with Crippen LogP contribution in [0.5, 0.6) is 0 Å². The maximum atomic E-state index is 11.8. The molecule has 0 bridgehead atoms. The molecular formula is C22H26O. The van der Waals surface area contributed by atoms with Gasteiger partial charge in [0.2, 0.25) is 0 Å². The van der Waals surface area contributed by atoms with E-state index in [1.165, 1.54) is 22.3 Å². The molecule has 0 saturated heterocycles. The van der Waals surface area contributed by atoms with E-state index in [0.717, 1.165) is 18.4 Å². The molecule has 0 saturated carbocycles. The van der Waals surface area contributed by atoms with Crippen molar-refractivity contribution in [2.75, 3.05) is 0 Å². The monoisotopic (exact) mass is 306 g/mol. The van der Waals surface area contributed by atoms with Gasteiger partial charge in [-0.05, 0) is 49.8 Å². The third-order valence-corrected chi connectivity index (χ3v) is 5.64. The Morgan fingerprint density at radius 1 is 1.09 bits per heavy atom. The average Bonchev–Trinajstić information content (AvgIpc) is 2.52. The van der Waals surface area contributed by atoms with Gasteiger partial charge in [0.25, 0.3) is 0 Å². The molecule has 0 aromatic heterocycles. The van der Waals surface area contributed by atoms with Crippen LogP contribution in [0, 0.1) is 13.8 Å².